The number of hydrogen-bond donors (Lipinski definition) is 0. The van der Waals surface area contributed by atoms with Gasteiger partial charge in [0.05, 0.1) is 0 Å². The van der Waals surface area contributed by atoms with E-state index in [4.69, 9.17) is 9.97 Å². The Morgan fingerprint density at radius 1 is 0.383 bits per heavy atom. The van der Waals surface area contributed by atoms with Crippen LogP contribution in [0.25, 0.3) is 83.2 Å². The van der Waals surface area contributed by atoms with Crippen molar-refractivity contribution in [2.75, 3.05) is 0 Å². The summed E-state index contributed by atoms with van der Waals surface area (Å²) in [5.74, 6) is 0.853. The van der Waals surface area contributed by atoms with Gasteiger partial charge in [0.15, 0.2) is 5.65 Å². The van der Waals surface area contributed by atoms with E-state index in [9.17, 15) is 0 Å². The number of fused-ring (bicyclic) bond motifs is 3. The minimum Gasteiger partial charge on any atom is -0.277 e. The summed E-state index contributed by atoms with van der Waals surface area (Å²) >= 11 is 0. The van der Waals surface area contributed by atoms with E-state index in [1.807, 2.05) is 18.3 Å². The molecule has 0 bridgehead atoms. The molecule has 3 nitrogen and oxygen atoms in total. The monoisotopic (exact) mass is 599 g/mol. The molecule has 0 fully saturated rings. The molecule has 3 heteroatoms. The van der Waals surface area contributed by atoms with E-state index in [0.29, 0.717) is 0 Å². The molecule has 2 aromatic heterocycles. The highest BCUT2D eigenvalue weighted by Crippen LogP contribution is 2.38. The van der Waals surface area contributed by atoms with Crippen molar-refractivity contribution in [2.45, 2.75) is 0 Å². The zero-order valence-corrected chi connectivity index (χ0v) is 25.6. The minimum atomic E-state index is 0.830. The van der Waals surface area contributed by atoms with Gasteiger partial charge < -0.3 is 0 Å². The lowest BCUT2D eigenvalue weighted by Gasteiger charge is -2.14. The van der Waals surface area contributed by atoms with E-state index < -0.39 is 0 Å². The lowest BCUT2D eigenvalue weighted by Crippen LogP contribution is -1.99. The van der Waals surface area contributed by atoms with Crippen LogP contribution in [-0.2, 0) is 0 Å². The maximum absolute atomic E-state index is 5.41. The number of benzene rings is 7. The fraction of sp³-hybridized carbons (Fsp3) is 0. The number of hydrogen-bond acceptors (Lipinski definition) is 2. The third kappa shape index (κ3) is 4.86. The Hall–Kier alpha value is -6.32. The summed E-state index contributed by atoms with van der Waals surface area (Å²) in [4.78, 5) is 10.3. The summed E-state index contributed by atoms with van der Waals surface area (Å²) in [6.07, 6.45) is 1.89. The van der Waals surface area contributed by atoms with Gasteiger partial charge in [-0.05, 0) is 97.9 Å². The Morgan fingerprint density at radius 3 is 1.53 bits per heavy atom. The van der Waals surface area contributed by atoms with Gasteiger partial charge >= 0.3 is 0 Å². The highest BCUT2D eigenvalue weighted by molar-refractivity contribution is 5.95. The Morgan fingerprint density at radius 2 is 0.915 bits per heavy atom. The largest absolute Gasteiger partial charge is 0.277 e. The number of rotatable bonds is 5. The molecule has 0 aliphatic rings. The van der Waals surface area contributed by atoms with Crippen LogP contribution in [0.15, 0.2) is 176 Å². The zero-order chi connectivity index (χ0) is 31.2. The maximum atomic E-state index is 5.41. The first-order valence-corrected chi connectivity index (χ1v) is 15.9. The third-order valence-corrected chi connectivity index (χ3v) is 9.00. The van der Waals surface area contributed by atoms with Gasteiger partial charge in [-0.2, -0.15) is 0 Å². The van der Waals surface area contributed by atoms with Crippen molar-refractivity contribution in [1.82, 2.24) is 14.5 Å². The van der Waals surface area contributed by atoms with E-state index in [0.717, 1.165) is 61.6 Å². The topological polar surface area (TPSA) is 30.7 Å². The van der Waals surface area contributed by atoms with Crippen molar-refractivity contribution < 1.29 is 0 Å². The Balaban J connectivity index is 1.33. The normalized spacial score (nSPS) is 11.4. The van der Waals surface area contributed by atoms with Crippen molar-refractivity contribution in [1.29, 1.82) is 0 Å². The second kappa shape index (κ2) is 11.2. The first kappa shape index (κ1) is 27.0. The molecule has 0 unspecified atom stereocenters. The van der Waals surface area contributed by atoms with Crippen LogP contribution in [0.3, 0.4) is 0 Å². The van der Waals surface area contributed by atoms with Crippen LogP contribution in [0.2, 0.25) is 0 Å². The van der Waals surface area contributed by atoms with Gasteiger partial charge in [-0.25, -0.2) is 9.97 Å². The van der Waals surface area contributed by atoms with Crippen LogP contribution in [-0.4, -0.2) is 14.5 Å². The van der Waals surface area contributed by atoms with Gasteiger partial charge in [0.2, 0.25) is 0 Å². The summed E-state index contributed by atoms with van der Waals surface area (Å²) in [7, 11) is 0. The maximum Gasteiger partial charge on any atom is 0.165 e. The predicted octanol–water partition coefficient (Wildman–Crippen LogP) is 11.4. The van der Waals surface area contributed by atoms with Gasteiger partial charge in [-0.15, -0.1) is 0 Å². The molecule has 0 aliphatic heterocycles. The quantitative estimate of drug-likeness (QED) is 0.197. The van der Waals surface area contributed by atoms with Crippen molar-refractivity contribution in [2.24, 2.45) is 0 Å². The Kier molecular flexibility index (Phi) is 6.46. The highest BCUT2D eigenvalue weighted by Gasteiger charge is 2.20. The first-order valence-electron chi connectivity index (χ1n) is 15.9. The number of aromatic nitrogens is 3. The SMILES string of the molecule is c1ccc(-c2ccnc3c2nc(-c2cc(-c4ccc5ccccc5c4)cc(-c4ccc5ccccc5c4)c2)n3-c2ccccc2)cc1. The Labute approximate surface area is 273 Å². The second-order valence-corrected chi connectivity index (χ2v) is 11.9. The second-order valence-electron chi connectivity index (χ2n) is 11.9. The molecule has 0 spiro atoms. The van der Waals surface area contributed by atoms with Gasteiger partial charge in [0, 0.05) is 23.0 Å². The molecule has 0 amide bonds. The van der Waals surface area contributed by atoms with Crippen LogP contribution in [0.4, 0.5) is 0 Å². The van der Waals surface area contributed by atoms with Crippen LogP contribution in [0.5, 0.6) is 0 Å². The molecule has 9 aromatic rings. The standard InChI is InChI=1S/C44H29N3/c1-3-13-32(14-4-1)41-23-24-45-44-42(41)46-43(47(44)40-17-5-2-6-18-40)39-28-37(35-21-19-30-11-7-9-15-33(30)25-35)27-38(29-39)36-22-20-31-12-8-10-16-34(31)26-36/h1-29H. The van der Waals surface area contributed by atoms with Gasteiger partial charge in [0.25, 0.3) is 0 Å². The lowest BCUT2D eigenvalue weighted by molar-refractivity contribution is 1.08. The third-order valence-electron chi connectivity index (χ3n) is 9.00. The van der Waals surface area contributed by atoms with E-state index in [2.05, 4.69) is 162 Å². The number of imidazole rings is 1. The number of pyridine rings is 1. The van der Waals surface area contributed by atoms with E-state index in [1.54, 1.807) is 0 Å². The molecule has 0 radical (unpaired) electrons. The summed E-state index contributed by atoms with van der Waals surface area (Å²) < 4.78 is 2.20. The van der Waals surface area contributed by atoms with Gasteiger partial charge in [0.1, 0.15) is 11.3 Å². The molecule has 0 aliphatic carbocycles. The van der Waals surface area contributed by atoms with Crippen molar-refractivity contribution in [3.8, 4) is 50.5 Å². The molecule has 0 N–H and O–H groups in total. The average molecular weight is 600 g/mol. The molecule has 0 saturated carbocycles. The van der Waals surface area contributed by atoms with Crippen LogP contribution >= 0.6 is 0 Å². The van der Waals surface area contributed by atoms with Crippen molar-refractivity contribution in [3.05, 3.63) is 176 Å². The summed E-state index contributed by atoms with van der Waals surface area (Å²) in [5.41, 5.74) is 10.5. The molecule has 47 heavy (non-hydrogen) atoms. The van der Waals surface area contributed by atoms with Crippen LogP contribution < -0.4 is 0 Å². The molecule has 0 saturated heterocycles. The zero-order valence-electron chi connectivity index (χ0n) is 25.6. The number of nitrogens with zero attached hydrogens (tertiary/aromatic N) is 3. The first-order chi connectivity index (χ1) is 23.3. The smallest absolute Gasteiger partial charge is 0.165 e. The molecule has 7 aromatic carbocycles. The van der Waals surface area contributed by atoms with Crippen molar-refractivity contribution in [3.63, 3.8) is 0 Å². The minimum absolute atomic E-state index is 0.830. The summed E-state index contributed by atoms with van der Waals surface area (Å²) in [5, 5.41) is 4.90. The van der Waals surface area contributed by atoms with Crippen LogP contribution in [0, 0.1) is 0 Å². The summed E-state index contributed by atoms with van der Waals surface area (Å²) in [6, 6.07) is 60.3. The van der Waals surface area contributed by atoms with Gasteiger partial charge in [-0.1, -0.05) is 121 Å². The molecule has 9 rings (SSSR count). The fourth-order valence-corrected chi connectivity index (χ4v) is 6.67. The molecule has 2 heterocycles. The van der Waals surface area contributed by atoms with Gasteiger partial charge in [-0.3, -0.25) is 4.57 Å². The molecular formula is C44H29N3. The van der Waals surface area contributed by atoms with Crippen LogP contribution in [0.1, 0.15) is 0 Å². The lowest BCUT2D eigenvalue weighted by atomic mass is 9.93. The fourth-order valence-electron chi connectivity index (χ4n) is 6.67. The van der Waals surface area contributed by atoms with E-state index >= 15 is 0 Å². The summed E-state index contributed by atoms with van der Waals surface area (Å²) in [6.45, 7) is 0. The van der Waals surface area contributed by atoms with E-state index in [1.165, 1.54) is 21.5 Å². The molecule has 220 valence electrons. The molecule has 0 atom stereocenters. The van der Waals surface area contributed by atoms with E-state index in [-0.39, 0.29) is 0 Å². The Bertz CT molecular complexity index is 2470. The molecular weight excluding hydrogens is 571 g/mol. The highest BCUT2D eigenvalue weighted by atomic mass is 15.1. The average Bonchev–Trinajstić information content (AvgIpc) is 3.55. The number of para-hydroxylation sites is 1. The predicted molar refractivity (Wildman–Crippen MR) is 196 cm³/mol. The van der Waals surface area contributed by atoms with Crippen molar-refractivity contribution >= 4 is 32.7 Å².